The number of piperidine rings is 2. The third kappa shape index (κ3) is 7.45. The molecular weight excluding hydrogens is 589 g/mol. The van der Waals surface area contributed by atoms with E-state index in [0.29, 0.717) is 17.8 Å². The number of hydrogen-bond acceptors (Lipinski definition) is 8. The number of anilines is 1. The van der Waals surface area contributed by atoms with E-state index in [1.165, 1.54) is 57.7 Å². The normalized spacial score (nSPS) is 19.9. The number of piperazine rings is 1. The Balaban J connectivity index is 0.00000128. The lowest BCUT2D eigenvalue weighted by molar-refractivity contribution is 0.0449. The van der Waals surface area contributed by atoms with Gasteiger partial charge in [-0.05, 0) is 82.6 Å². The molecule has 1 N–H and O–H groups in total. The minimum atomic E-state index is -4.09. The maximum atomic E-state index is 14.2. The summed E-state index contributed by atoms with van der Waals surface area (Å²) < 4.78 is 42.0. The standard InChI is InChI=1S/C32H42FN5O3S.C3H8/c1-3-35-16-18-37(19-17-35)25-8-12-36(13-9-25)24-10-14-38(15-11-24)32-27-20-23(2)4-6-29(27)34-22-31(32)42(40,41)26-5-7-30(39)28(33)21-26;1-3-2/h4-7,20-22,24-25,39H,3,8-19H2,1-2H3;3H2,1-2H3. The Hall–Kier alpha value is -2.79. The minimum Gasteiger partial charge on any atom is -0.505 e. The molecule has 4 heterocycles. The number of likely N-dealkylation sites (N-methyl/N-ethyl adjacent to an activating group) is 1. The van der Waals surface area contributed by atoms with Crippen LogP contribution in [-0.2, 0) is 9.84 Å². The van der Waals surface area contributed by atoms with E-state index in [0.717, 1.165) is 74.2 Å². The molecule has 2 aromatic carbocycles. The van der Waals surface area contributed by atoms with Gasteiger partial charge in [0.15, 0.2) is 11.6 Å². The average Bonchev–Trinajstić information content (AvgIpc) is 3.06. The lowest BCUT2D eigenvalue weighted by Crippen LogP contribution is -2.55. The van der Waals surface area contributed by atoms with Crippen molar-refractivity contribution in [3.05, 3.63) is 54.0 Å². The van der Waals surface area contributed by atoms with Crippen LogP contribution in [0.3, 0.4) is 0 Å². The van der Waals surface area contributed by atoms with E-state index < -0.39 is 21.4 Å². The number of benzene rings is 2. The molecule has 0 aliphatic carbocycles. The van der Waals surface area contributed by atoms with Gasteiger partial charge in [-0.15, -0.1) is 0 Å². The van der Waals surface area contributed by atoms with Crippen LogP contribution >= 0.6 is 0 Å². The van der Waals surface area contributed by atoms with Crippen LogP contribution in [0.4, 0.5) is 10.1 Å². The summed E-state index contributed by atoms with van der Waals surface area (Å²) in [6, 6.07) is 10.3. The molecule has 3 aliphatic heterocycles. The summed E-state index contributed by atoms with van der Waals surface area (Å²) >= 11 is 0. The van der Waals surface area contributed by atoms with Crippen molar-refractivity contribution in [2.24, 2.45) is 0 Å². The molecule has 0 spiro atoms. The molecule has 10 heteroatoms. The Labute approximate surface area is 268 Å². The fourth-order valence-corrected chi connectivity index (χ4v) is 8.54. The smallest absolute Gasteiger partial charge is 0.210 e. The van der Waals surface area contributed by atoms with Crippen LogP contribution in [0.5, 0.6) is 5.75 Å². The van der Waals surface area contributed by atoms with Crippen LogP contribution in [0.2, 0.25) is 0 Å². The second-order valence-corrected chi connectivity index (χ2v) is 14.7. The van der Waals surface area contributed by atoms with Crippen molar-refractivity contribution in [2.75, 3.05) is 63.8 Å². The van der Waals surface area contributed by atoms with Crippen molar-refractivity contribution in [3.8, 4) is 5.75 Å². The predicted molar refractivity (Wildman–Crippen MR) is 179 cm³/mol. The minimum absolute atomic E-state index is 0.0770. The van der Waals surface area contributed by atoms with Gasteiger partial charge in [-0.3, -0.25) is 9.88 Å². The lowest BCUT2D eigenvalue weighted by Gasteiger charge is -2.46. The molecule has 8 nitrogen and oxygen atoms in total. The molecule has 0 bridgehead atoms. The number of halogens is 1. The van der Waals surface area contributed by atoms with Gasteiger partial charge in [-0.2, -0.15) is 0 Å². The van der Waals surface area contributed by atoms with Crippen LogP contribution in [0.25, 0.3) is 10.9 Å². The van der Waals surface area contributed by atoms with Crippen LogP contribution in [-0.4, -0.2) is 104 Å². The van der Waals surface area contributed by atoms with Gasteiger partial charge in [-0.1, -0.05) is 38.8 Å². The van der Waals surface area contributed by atoms with Crippen LogP contribution < -0.4 is 4.90 Å². The van der Waals surface area contributed by atoms with Gasteiger partial charge in [0.05, 0.1) is 16.1 Å². The topological polar surface area (TPSA) is 80.2 Å². The third-order valence-electron chi connectivity index (χ3n) is 9.65. The molecule has 1 aromatic heterocycles. The Morgan fingerprint density at radius 2 is 1.44 bits per heavy atom. The van der Waals surface area contributed by atoms with Crippen molar-refractivity contribution >= 4 is 26.4 Å². The quantitative estimate of drug-likeness (QED) is 0.368. The summed E-state index contributed by atoms with van der Waals surface area (Å²) in [4.78, 5) is 14.4. The summed E-state index contributed by atoms with van der Waals surface area (Å²) in [5.74, 6) is -1.54. The first-order chi connectivity index (χ1) is 21.7. The number of fused-ring (bicyclic) bond motifs is 1. The number of hydrogen-bond donors (Lipinski definition) is 1. The van der Waals surface area contributed by atoms with Gasteiger partial charge in [0, 0.05) is 62.9 Å². The Bertz CT molecular complexity index is 1540. The number of aromatic hydroxyl groups is 1. The van der Waals surface area contributed by atoms with Crippen LogP contribution in [0, 0.1) is 12.7 Å². The molecular formula is C35H50FN5O3S. The zero-order valence-electron chi connectivity index (χ0n) is 27.4. The van der Waals surface area contributed by atoms with Crippen molar-refractivity contribution < 1.29 is 17.9 Å². The zero-order chi connectivity index (χ0) is 32.1. The molecule has 0 unspecified atom stereocenters. The molecule has 3 aliphatic rings. The van der Waals surface area contributed by atoms with Gasteiger partial charge in [0.25, 0.3) is 0 Å². The number of aromatic nitrogens is 1. The lowest BCUT2D eigenvalue weighted by atomic mass is 9.96. The van der Waals surface area contributed by atoms with Crippen LogP contribution in [0.1, 0.15) is 58.4 Å². The van der Waals surface area contributed by atoms with Crippen molar-refractivity contribution in [3.63, 3.8) is 0 Å². The summed E-state index contributed by atoms with van der Waals surface area (Å²) in [6.45, 7) is 18.0. The highest BCUT2D eigenvalue weighted by Crippen LogP contribution is 2.38. The second-order valence-electron chi connectivity index (χ2n) is 12.8. The zero-order valence-corrected chi connectivity index (χ0v) is 28.2. The van der Waals surface area contributed by atoms with Gasteiger partial charge in [-0.25, -0.2) is 12.8 Å². The molecule has 0 radical (unpaired) electrons. The van der Waals surface area contributed by atoms with Crippen molar-refractivity contribution in [2.45, 2.75) is 81.7 Å². The molecule has 246 valence electrons. The molecule has 45 heavy (non-hydrogen) atoms. The van der Waals surface area contributed by atoms with E-state index in [2.05, 4.69) is 45.4 Å². The Morgan fingerprint density at radius 1 is 0.844 bits per heavy atom. The Kier molecular flexibility index (Phi) is 11.0. The van der Waals surface area contributed by atoms with Crippen LogP contribution in [0.15, 0.2) is 52.4 Å². The first-order valence-corrected chi connectivity index (χ1v) is 18.2. The number of rotatable bonds is 6. The predicted octanol–water partition coefficient (Wildman–Crippen LogP) is 5.71. The molecule has 0 amide bonds. The number of likely N-dealkylation sites (tertiary alicyclic amines) is 1. The number of phenolic OH excluding ortho intramolecular Hbond substituents is 1. The SMILES string of the molecule is CCC.CCN1CCN(C2CCN(C3CCN(c4c(S(=O)(=O)c5ccc(O)c(F)c5)cnc5ccc(C)cc45)CC3)CC2)CC1. The molecule has 6 rings (SSSR count). The fourth-order valence-electron chi connectivity index (χ4n) is 7.09. The number of sulfone groups is 1. The molecule has 0 atom stereocenters. The van der Waals surface area contributed by atoms with E-state index >= 15 is 0 Å². The number of pyridine rings is 1. The maximum Gasteiger partial charge on any atom is 0.210 e. The molecule has 0 saturated carbocycles. The number of nitrogens with zero attached hydrogens (tertiary/aromatic N) is 5. The van der Waals surface area contributed by atoms with E-state index in [-0.39, 0.29) is 9.79 Å². The number of phenols is 1. The first kappa shape index (κ1) is 33.6. The average molecular weight is 640 g/mol. The third-order valence-corrected chi connectivity index (χ3v) is 11.4. The van der Waals surface area contributed by atoms with Gasteiger partial charge >= 0.3 is 0 Å². The monoisotopic (exact) mass is 639 g/mol. The number of aryl methyl sites for hydroxylation is 1. The van der Waals surface area contributed by atoms with Gasteiger partial charge < -0.3 is 19.8 Å². The maximum absolute atomic E-state index is 14.2. The second kappa shape index (κ2) is 14.8. The highest BCUT2D eigenvalue weighted by atomic mass is 32.2. The summed E-state index contributed by atoms with van der Waals surface area (Å²) in [6.07, 6.45) is 7.01. The van der Waals surface area contributed by atoms with Gasteiger partial charge in [0.1, 0.15) is 4.90 Å². The van der Waals surface area contributed by atoms with Gasteiger partial charge in [0.2, 0.25) is 9.84 Å². The Morgan fingerprint density at radius 3 is 2.04 bits per heavy atom. The summed E-state index contributed by atoms with van der Waals surface area (Å²) in [5, 5.41) is 10.4. The highest BCUT2D eigenvalue weighted by Gasteiger charge is 2.34. The van der Waals surface area contributed by atoms with E-state index in [1.807, 2.05) is 25.1 Å². The molecule has 3 saturated heterocycles. The van der Waals surface area contributed by atoms with Crippen molar-refractivity contribution in [1.82, 2.24) is 19.7 Å². The van der Waals surface area contributed by atoms with E-state index in [9.17, 15) is 17.9 Å². The first-order valence-electron chi connectivity index (χ1n) is 16.7. The largest absolute Gasteiger partial charge is 0.505 e. The fraction of sp³-hybridized carbons (Fsp3) is 0.571. The highest BCUT2D eigenvalue weighted by molar-refractivity contribution is 7.91. The van der Waals surface area contributed by atoms with E-state index in [1.54, 1.807) is 0 Å². The van der Waals surface area contributed by atoms with E-state index in [4.69, 9.17) is 0 Å². The summed E-state index contributed by atoms with van der Waals surface area (Å²) in [5.41, 5.74) is 2.39. The summed E-state index contributed by atoms with van der Waals surface area (Å²) in [7, 11) is -4.09. The van der Waals surface area contributed by atoms with Crippen molar-refractivity contribution in [1.29, 1.82) is 0 Å². The molecule has 3 fully saturated rings. The molecule has 3 aromatic rings.